The molecule has 6 amide bonds. The standard InChI is InChI=1S/C40H55FN6O8/c1-5-6-7-8-16-33(48)43-29(23-27-12-9-13-28(41)22-27)35(49)44-34-26(4)55-40(54)31-15-11-19-46(31)37(51)25(3)42-36(50)32-21-24(2)17-20-47(32)38(52)30-14-10-18-45(30)39(34)53/h8-9,12-13,16,22,24-26,29-32,34H,5-7,10-11,14-15,17-21,23H2,1-4H3,(H,42,50)(H,43,48)(H,44,49). The summed E-state index contributed by atoms with van der Waals surface area (Å²) in [5.41, 5.74) is 0.416. The van der Waals surface area contributed by atoms with Crippen molar-refractivity contribution in [3.63, 3.8) is 0 Å². The van der Waals surface area contributed by atoms with Gasteiger partial charge in [-0.15, -0.1) is 0 Å². The molecule has 0 saturated carbocycles. The summed E-state index contributed by atoms with van der Waals surface area (Å²) in [4.78, 5) is 102. The van der Waals surface area contributed by atoms with Crippen LogP contribution in [-0.4, -0.2) is 118 Å². The SMILES string of the molecule is CCCCC=CC(=O)NC(Cc1cccc(F)c1)C(=O)NC1C(=O)N2CCCC2C(=O)N2CCC(C)CC2C(=O)NC(C)C(=O)N2CCCC2C(=O)OC1C. The van der Waals surface area contributed by atoms with Crippen molar-refractivity contribution in [2.24, 2.45) is 5.92 Å². The van der Waals surface area contributed by atoms with E-state index in [9.17, 15) is 38.0 Å². The van der Waals surface area contributed by atoms with Gasteiger partial charge < -0.3 is 35.4 Å². The number of piperidine rings is 1. The first-order valence-corrected chi connectivity index (χ1v) is 19.7. The molecule has 4 aliphatic rings. The predicted molar refractivity (Wildman–Crippen MR) is 199 cm³/mol. The zero-order chi connectivity index (χ0) is 39.8. The first kappa shape index (κ1) is 41.3. The Morgan fingerprint density at radius 3 is 2.33 bits per heavy atom. The number of allylic oxidation sites excluding steroid dienone is 1. The van der Waals surface area contributed by atoms with Crippen LogP contribution in [0.25, 0.3) is 0 Å². The minimum absolute atomic E-state index is 0.119. The van der Waals surface area contributed by atoms with Crippen LogP contribution in [-0.2, 0) is 44.7 Å². The number of ether oxygens (including phenoxy) is 1. The summed E-state index contributed by atoms with van der Waals surface area (Å²) in [6.45, 7) is 7.74. The van der Waals surface area contributed by atoms with Gasteiger partial charge in [-0.25, -0.2) is 9.18 Å². The smallest absolute Gasteiger partial charge is 0.329 e. The number of nitrogens with zero attached hydrogens (tertiary/aromatic N) is 3. The molecular formula is C40H55FN6O8. The zero-order valence-corrected chi connectivity index (χ0v) is 32.3. The van der Waals surface area contributed by atoms with Crippen LogP contribution in [0.2, 0.25) is 0 Å². The molecule has 0 aliphatic carbocycles. The number of hydrogen-bond acceptors (Lipinski definition) is 8. The lowest BCUT2D eigenvalue weighted by Gasteiger charge is -2.41. The molecule has 4 aliphatic heterocycles. The van der Waals surface area contributed by atoms with Gasteiger partial charge in [0, 0.05) is 26.1 Å². The van der Waals surface area contributed by atoms with Crippen LogP contribution in [0.4, 0.5) is 4.39 Å². The monoisotopic (exact) mass is 766 g/mol. The number of esters is 1. The van der Waals surface area contributed by atoms with E-state index in [2.05, 4.69) is 16.0 Å². The topological polar surface area (TPSA) is 175 Å². The lowest BCUT2D eigenvalue weighted by Crippen LogP contribution is -2.63. The highest BCUT2D eigenvalue weighted by molar-refractivity contribution is 5.98. The van der Waals surface area contributed by atoms with Crippen molar-refractivity contribution in [1.82, 2.24) is 30.7 Å². The van der Waals surface area contributed by atoms with E-state index in [0.717, 1.165) is 12.8 Å². The third-order valence-electron chi connectivity index (χ3n) is 11.1. The van der Waals surface area contributed by atoms with Gasteiger partial charge in [0.05, 0.1) is 0 Å². The van der Waals surface area contributed by atoms with Crippen LogP contribution < -0.4 is 16.0 Å². The Labute approximate surface area is 321 Å². The lowest BCUT2D eigenvalue weighted by atomic mass is 9.91. The average Bonchev–Trinajstić information content (AvgIpc) is 3.85. The summed E-state index contributed by atoms with van der Waals surface area (Å²) in [5.74, 6) is -4.57. The number of cyclic esters (lactones) is 1. The maximum atomic E-state index is 14.6. The Balaban J connectivity index is 1.49. The highest BCUT2D eigenvalue weighted by Gasteiger charge is 2.47. The Hall–Kier alpha value is -4.82. The van der Waals surface area contributed by atoms with Crippen molar-refractivity contribution >= 4 is 41.4 Å². The van der Waals surface area contributed by atoms with Gasteiger partial charge in [-0.3, -0.25) is 28.8 Å². The summed E-state index contributed by atoms with van der Waals surface area (Å²) in [5, 5.41) is 8.19. The number of hydrogen-bond donors (Lipinski definition) is 3. The molecule has 300 valence electrons. The minimum atomic E-state index is -1.50. The first-order valence-electron chi connectivity index (χ1n) is 19.7. The largest absolute Gasteiger partial charge is 0.458 e. The van der Waals surface area contributed by atoms with Crippen molar-refractivity contribution in [2.45, 2.75) is 134 Å². The number of unbranched alkanes of at least 4 members (excludes halogenated alkanes) is 2. The Morgan fingerprint density at radius 2 is 1.62 bits per heavy atom. The van der Waals surface area contributed by atoms with E-state index in [1.807, 2.05) is 13.8 Å². The second-order valence-corrected chi connectivity index (χ2v) is 15.4. The molecular weight excluding hydrogens is 711 g/mol. The van der Waals surface area contributed by atoms with Crippen molar-refractivity contribution in [3.8, 4) is 0 Å². The molecule has 55 heavy (non-hydrogen) atoms. The number of halogens is 1. The first-order chi connectivity index (χ1) is 26.3. The molecule has 1 aromatic carbocycles. The van der Waals surface area contributed by atoms with Gasteiger partial charge in [0.25, 0.3) is 0 Å². The maximum absolute atomic E-state index is 14.6. The van der Waals surface area contributed by atoms with E-state index in [4.69, 9.17) is 4.74 Å². The van der Waals surface area contributed by atoms with E-state index < -0.39 is 89.6 Å². The maximum Gasteiger partial charge on any atom is 0.329 e. The third-order valence-corrected chi connectivity index (χ3v) is 11.1. The molecule has 4 fully saturated rings. The molecule has 4 saturated heterocycles. The van der Waals surface area contributed by atoms with Crippen LogP contribution >= 0.6 is 0 Å². The Morgan fingerprint density at radius 1 is 0.927 bits per heavy atom. The van der Waals surface area contributed by atoms with E-state index in [0.29, 0.717) is 50.5 Å². The van der Waals surface area contributed by atoms with Crippen LogP contribution in [0, 0.1) is 11.7 Å². The molecule has 5 rings (SSSR count). The van der Waals surface area contributed by atoms with Gasteiger partial charge in [-0.05, 0) is 88.5 Å². The minimum Gasteiger partial charge on any atom is -0.458 e. The second kappa shape index (κ2) is 18.7. The molecule has 15 heteroatoms. The van der Waals surface area contributed by atoms with Gasteiger partial charge in [-0.1, -0.05) is 44.9 Å². The van der Waals surface area contributed by atoms with Crippen molar-refractivity contribution < 1.29 is 42.7 Å². The normalized spacial score (nSPS) is 28.6. The van der Waals surface area contributed by atoms with Gasteiger partial charge in [0.2, 0.25) is 35.4 Å². The van der Waals surface area contributed by atoms with Gasteiger partial charge >= 0.3 is 5.97 Å². The number of fused-ring (bicyclic) bond motifs is 3. The van der Waals surface area contributed by atoms with Crippen molar-refractivity contribution in [3.05, 3.63) is 47.8 Å². The average molecular weight is 767 g/mol. The zero-order valence-electron chi connectivity index (χ0n) is 32.3. The number of carbonyl (C=O) groups is 7. The molecule has 8 atom stereocenters. The molecule has 0 radical (unpaired) electrons. The van der Waals surface area contributed by atoms with Gasteiger partial charge in [0.15, 0.2) is 0 Å². The molecule has 0 spiro atoms. The Kier molecular flexibility index (Phi) is 14.0. The quantitative estimate of drug-likeness (QED) is 0.195. The number of benzene rings is 1. The molecule has 8 unspecified atom stereocenters. The van der Waals surface area contributed by atoms with E-state index in [1.165, 1.54) is 45.9 Å². The fourth-order valence-corrected chi connectivity index (χ4v) is 8.01. The summed E-state index contributed by atoms with van der Waals surface area (Å²) in [6.07, 6.45) is 6.71. The molecule has 0 bridgehead atoms. The molecule has 3 N–H and O–H groups in total. The van der Waals surface area contributed by atoms with Crippen LogP contribution in [0.1, 0.15) is 91.0 Å². The summed E-state index contributed by atoms with van der Waals surface area (Å²) < 4.78 is 20.1. The number of amides is 6. The van der Waals surface area contributed by atoms with Crippen LogP contribution in [0.3, 0.4) is 0 Å². The lowest BCUT2D eigenvalue weighted by molar-refractivity contribution is -0.163. The van der Waals surface area contributed by atoms with Crippen molar-refractivity contribution in [2.75, 3.05) is 19.6 Å². The Bertz CT molecular complexity index is 1650. The molecule has 14 nitrogen and oxygen atoms in total. The summed E-state index contributed by atoms with van der Waals surface area (Å²) in [6, 6.07) is -0.960. The third kappa shape index (κ3) is 10.1. The van der Waals surface area contributed by atoms with Gasteiger partial charge in [0.1, 0.15) is 48.2 Å². The van der Waals surface area contributed by atoms with E-state index in [-0.39, 0.29) is 32.0 Å². The van der Waals surface area contributed by atoms with Gasteiger partial charge in [-0.2, -0.15) is 0 Å². The molecule has 0 aromatic heterocycles. The predicted octanol–water partition coefficient (Wildman–Crippen LogP) is 2.14. The summed E-state index contributed by atoms with van der Waals surface area (Å²) >= 11 is 0. The fraction of sp³-hybridized carbons (Fsp3) is 0.625. The number of rotatable bonds is 9. The number of nitrogens with one attached hydrogen (secondary N) is 3. The highest BCUT2D eigenvalue weighted by atomic mass is 19.1. The van der Waals surface area contributed by atoms with E-state index >= 15 is 0 Å². The van der Waals surface area contributed by atoms with E-state index in [1.54, 1.807) is 19.1 Å². The fourth-order valence-electron chi connectivity index (χ4n) is 8.01. The second-order valence-electron chi connectivity index (χ2n) is 15.4. The number of carbonyl (C=O) groups excluding carboxylic acids is 7. The molecule has 1 aromatic rings. The highest BCUT2D eigenvalue weighted by Crippen LogP contribution is 2.29. The van der Waals surface area contributed by atoms with Crippen molar-refractivity contribution in [1.29, 1.82) is 0 Å². The van der Waals surface area contributed by atoms with Crippen LogP contribution in [0.15, 0.2) is 36.4 Å². The molecule has 4 heterocycles. The summed E-state index contributed by atoms with van der Waals surface area (Å²) in [7, 11) is 0. The van der Waals surface area contributed by atoms with Crippen LogP contribution in [0.5, 0.6) is 0 Å².